The van der Waals surface area contributed by atoms with Crippen LogP contribution < -0.4 is 0 Å². The van der Waals surface area contributed by atoms with Gasteiger partial charge in [0.1, 0.15) is 6.54 Å². The van der Waals surface area contributed by atoms with E-state index in [2.05, 4.69) is 4.98 Å². The van der Waals surface area contributed by atoms with E-state index in [1.165, 1.54) is 0 Å². The molecule has 1 heterocycles. The maximum atomic E-state index is 12.7. The van der Waals surface area contributed by atoms with Crippen molar-refractivity contribution in [1.29, 1.82) is 0 Å². The van der Waals surface area contributed by atoms with Crippen molar-refractivity contribution in [2.24, 2.45) is 5.92 Å². The fourth-order valence-corrected chi connectivity index (χ4v) is 2.31. The minimum Gasteiger partial charge on any atom is -0.361 e. The molecule has 0 saturated heterocycles. The number of para-hydroxylation sites is 1. The molecule has 0 radical (unpaired) electrons. The van der Waals surface area contributed by atoms with Gasteiger partial charge in [-0.3, -0.25) is 4.79 Å². The van der Waals surface area contributed by atoms with E-state index >= 15 is 0 Å². The van der Waals surface area contributed by atoms with Gasteiger partial charge in [0, 0.05) is 18.1 Å². The zero-order valence-corrected chi connectivity index (χ0v) is 11.9. The fourth-order valence-electron chi connectivity index (χ4n) is 2.31. The summed E-state index contributed by atoms with van der Waals surface area (Å²) in [6.45, 7) is 2.40. The van der Waals surface area contributed by atoms with Gasteiger partial charge >= 0.3 is 6.18 Å². The molecule has 1 amide bonds. The van der Waals surface area contributed by atoms with Crippen molar-refractivity contribution in [2.45, 2.75) is 20.0 Å². The number of benzene rings is 1. The number of hydrogen-bond acceptors (Lipinski definition) is 1. The smallest absolute Gasteiger partial charge is 0.361 e. The zero-order chi connectivity index (χ0) is 15.6. The van der Waals surface area contributed by atoms with Crippen LogP contribution in [0.1, 0.15) is 24.2 Å². The topological polar surface area (TPSA) is 36.1 Å². The van der Waals surface area contributed by atoms with Crippen molar-refractivity contribution < 1.29 is 18.0 Å². The number of halogens is 3. The van der Waals surface area contributed by atoms with Gasteiger partial charge in [-0.15, -0.1) is 0 Å². The molecule has 2 rings (SSSR count). The molecular weight excluding hydrogens is 281 g/mol. The molecule has 0 unspecified atom stereocenters. The van der Waals surface area contributed by atoms with Gasteiger partial charge in [-0.25, -0.2) is 0 Å². The summed E-state index contributed by atoms with van der Waals surface area (Å²) < 4.78 is 38.1. The normalized spacial score (nSPS) is 12.1. The Labute approximate surface area is 120 Å². The average molecular weight is 298 g/mol. The lowest BCUT2D eigenvalue weighted by Gasteiger charge is -2.26. The van der Waals surface area contributed by atoms with Gasteiger partial charge in [0.15, 0.2) is 0 Å². The molecular formula is C15H17F3N2O. The molecule has 0 aliphatic carbocycles. The SMILES string of the molecule is CC(C)CN(CC(F)(F)F)C(=O)c1cccc2cc[nH]c12. The number of carbonyl (C=O) groups is 1. The van der Waals surface area contributed by atoms with Crippen LogP contribution in [0.15, 0.2) is 30.5 Å². The molecule has 0 atom stereocenters. The number of H-pyrrole nitrogens is 1. The summed E-state index contributed by atoms with van der Waals surface area (Å²) in [4.78, 5) is 16.2. The predicted octanol–water partition coefficient (Wildman–Crippen LogP) is 3.83. The number of alkyl halides is 3. The third-order valence-corrected chi connectivity index (χ3v) is 3.06. The van der Waals surface area contributed by atoms with E-state index in [1.807, 2.05) is 0 Å². The molecule has 21 heavy (non-hydrogen) atoms. The molecule has 2 aromatic rings. The predicted molar refractivity (Wildman–Crippen MR) is 75.1 cm³/mol. The third-order valence-electron chi connectivity index (χ3n) is 3.06. The van der Waals surface area contributed by atoms with Crippen LogP contribution in [0.25, 0.3) is 10.9 Å². The van der Waals surface area contributed by atoms with Gasteiger partial charge in [-0.2, -0.15) is 13.2 Å². The fraction of sp³-hybridized carbons (Fsp3) is 0.400. The number of fused-ring (bicyclic) bond motifs is 1. The van der Waals surface area contributed by atoms with Gasteiger partial charge in [0.05, 0.1) is 11.1 Å². The summed E-state index contributed by atoms with van der Waals surface area (Å²) in [6, 6.07) is 6.80. The number of hydrogen-bond donors (Lipinski definition) is 1. The molecule has 0 aliphatic rings. The van der Waals surface area contributed by atoms with Crippen LogP contribution in [-0.4, -0.2) is 35.1 Å². The van der Waals surface area contributed by atoms with Crippen LogP contribution in [0, 0.1) is 5.92 Å². The number of rotatable bonds is 4. The monoisotopic (exact) mass is 298 g/mol. The largest absolute Gasteiger partial charge is 0.406 e. The maximum Gasteiger partial charge on any atom is 0.406 e. The lowest BCUT2D eigenvalue weighted by atomic mass is 10.1. The summed E-state index contributed by atoms with van der Waals surface area (Å²) in [5.74, 6) is -0.645. The number of nitrogens with one attached hydrogen (secondary N) is 1. The Morgan fingerprint density at radius 2 is 2.00 bits per heavy atom. The van der Waals surface area contributed by atoms with Gasteiger partial charge < -0.3 is 9.88 Å². The van der Waals surface area contributed by atoms with E-state index in [-0.39, 0.29) is 18.0 Å². The number of amides is 1. The molecule has 1 aromatic carbocycles. The Bertz CT molecular complexity index is 631. The van der Waals surface area contributed by atoms with Crippen LogP contribution in [0.2, 0.25) is 0 Å². The highest BCUT2D eigenvalue weighted by atomic mass is 19.4. The van der Waals surface area contributed by atoms with E-state index in [1.54, 1.807) is 44.3 Å². The summed E-state index contributed by atoms with van der Waals surface area (Å²) in [7, 11) is 0. The van der Waals surface area contributed by atoms with E-state index < -0.39 is 18.6 Å². The van der Waals surface area contributed by atoms with Crippen molar-refractivity contribution in [3.8, 4) is 0 Å². The number of aromatic amines is 1. The first-order chi connectivity index (χ1) is 9.78. The zero-order valence-electron chi connectivity index (χ0n) is 11.9. The minimum absolute atomic E-state index is 0.0425. The number of nitrogens with zero attached hydrogens (tertiary/aromatic N) is 1. The quantitative estimate of drug-likeness (QED) is 0.915. The summed E-state index contributed by atoms with van der Waals surface area (Å²) in [5.41, 5.74) is 0.834. The first-order valence-corrected chi connectivity index (χ1v) is 6.70. The van der Waals surface area contributed by atoms with Crippen LogP contribution >= 0.6 is 0 Å². The average Bonchev–Trinajstić information content (AvgIpc) is 2.82. The maximum absolute atomic E-state index is 12.7. The Balaban J connectivity index is 2.35. The van der Waals surface area contributed by atoms with Crippen LogP contribution in [0.3, 0.4) is 0 Å². The molecule has 1 N–H and O–H groups in total. The molecule has 114 valence electrons. The highest BCUT2D eigenvalue weighted by Crippen LogP contribution is 2.22. The Kier molecular flexibility index (Phi) is 4.25. The molecule has 0 saturated carbocycles. The van der Waals surface area contributed by atoms with Crippen LogP contribution in [0.5, 0.6) is 0 Å². The second-order valence-electron chi connectivity index (χ2n) is 5.44. The first kappa shape index (κ1) is 15.4. The number of aromatic nitrogens is 1. The second kappa shape index (κ2) is 5.79. The highest BCUT2D eigenvalue weighted by molar-refractivity contribution is 6.05. The van der Waals surface area contributed by atoms with E-state index in [4.69, 9.17) is 0 Å². The van der Waals surface area contributed by atoms with Crippen LogP contribution in [-0.2, 0) is 0 Å². The summed E-state index contributed by atoms with van der Waals surface area (Å²) in [6.07, 6.45) is -2.74. The van der Waals surface area contributed by atoms with E-state index in [0.717, 1.165) is 10.3 Å². The molecule has 0 spiro atoms. The molecule has 6 heteroatoms. The van der Waals surface area contributed by atoms with E-state index in [0.29, 0.717) is 5.52 Å². The van der Waals surface area contributed by atoms with E-state index in [9.17, 15) is 18.0 Å². The molecule has 0 aliphatic heterocycles. The lowest BCUT2D eigenvalue weighted by Crippen LogP contribution is -2.41. The van der Waals surface area contributed by atoms with Gasteiger partial charge in [0.25, 0.3) is 5.91 Å². The number of carbonyl (C=O) groups excluding carboxylic acids is 1. The molecule has 0 bridgehead atoms. The van der Waals surface area contributed by atoms with Crippen molar-refractivity contribution in [3.63, 3.8) is 0 Å². The first-order valence-electron chi connectivity index (χ1n) is 6.70. The van der Waals surface area contributed by atoms with Gasteiger partial charge in [-0.05, 0) is 18.1 Å². The molecule has 3 nitrogen and oxygen atoms in total. The van der Waals surface area contributed by atoms with Crippen molar-refractivity contribution >= 4 is 16.8 Å². The van der Waals surface area contributed by atoms with Gasteiger partial charge in [-0.1, -0.05) is 26.0 Å². The Hall–Kier alpha value is -1.98. The summed E-state index contributed by atoms with van der Waals surface area (Å²) >= 11 is 0. The highest BCUT2D eigenvalue weighted by Gasteiger charge is 2.34. The van der Waals surface area contributed by atoms with Crippen molar-refractivity contribution in [3.05, 3.63) is 36.0 Å². The second-order valence-corrected chi connectivity index (χ2v) is 5.44. The van der Waals surface area contributed by atoms with Crippen molar-refractivity contribution in [2.75, 3.05) is 13.1 Å². The molecule has 0 fully saturated rings. The summed E-state index contributed by atoms with van der Waals surface area (Å²) in [5, 5.41) is 0.803. The van der Waals surface area contributed by atoms with Crippen LogP contribution in [0.4, 0.5) is 13.2 Å². The third kappa shape index (κ3) is 3.77. The standard InChI is InChI=1S/C15H17F3N2O/c1-10(2)8-20(9-15(16,17)18)14(21)12-5-3-4-11-6-7-19-13(11)12/h3-7,10,19H,8-9H2,1-2H3. The van der Waals surface area contributed by atoms with Crippen molar-refractivity contribution in [1.82, 2.24) is 9.88 Å². The minimum atomic E-state index is -4.41. The molecule has 1 aromatic heterocycles. The Morgan fingerprint density at radius 3 is 2.62 bits per heavy atom. The van der Waals surface area contributed by atoms with Gasteiger partial charge in [0.2, 0.25) is 0 Å². The Morgan fingerprint density at radius 1 is 1.29 bits per heavy atom. The lowest BCUT2D eigenvalue weighted by molar-refractivity contribution is -0.141.